The molecule has 2 rings (SSSR count). The predicted molar refractivity (Wildman–Crippen MR) is 101 cm³/mol. The summed E-state index contributed by atoms with van der Waals surface area (Å²) in [6, 6.07) is 0. The summed E-state index contributed by atoms with van der Waals surface area (Å²) in [5.41, 5.74) is 6.35. The number of hydrogen-bond acceptors (Lipinski definition) is 2. The van der Waals surface area contributed by atoms with Crippen LogP contribution >= 0.6 is 24.0 Å². The van der Waals surface area contributed by atoms with Crippen molar-refractivity contribution in [2.45, 2.75) is 64.3 Å². The van der Waals surface area contributed by atoms with Gasteiger partial charge in [-0.3, -0.25) is 9.89 Å². The molecular weight excluding hydrogens is 375 g/mol. The van der Waals surface area contributed by atoms with Crippen molar-refractivity contribution in [1.29, 1.82) is 0 Å². The van der Waals surface area contributed by atoms with E-state index >= 15 is 0 Å². The van der Waals surface area contributed by atoms with E-state index in [-0.39, 0.29) is 29.5 Å². The molecule has 2 saturated heterocycles. The molecule has 21 heavy (non-hydrogen) atoms. The molecule has 124 valence electrons. The summed E-state index contributed by atoms with van der Waals surface area (Å²) in [4.78, 5) is 9.57. The van der Waals surface area contributed by atoms with Crippen LogP contribution in [0.4, 0.5) is 0 Å². The molecule has 2 aliphatic rings. The molecular formula is C16H33IN4. The first-order valence-electron chi connectivity index (χ1n) is 8.39. The summed E-state index contributed by atoms with van der Waals surface area (Å²) in [5, 5.41) is 0. The van der Waals surface area contributed by atoms with Gasteiger partial charge in [-0.25, -0.2) is 0 Å². The molecule has 0 saturated carbocycles. The van der Waals surface area contributed by atoms with Crippen LogP contribution in [-0.2, 0) is 0 Å². The monoisotopic (exact) mass is 408 g/mol. The Balaban J connectivity index is 0.00000220. The lowest BCUT2D eigenvalue weighted by Crippen LogP contribution is -2.49. The van der Waals surface area contributed by atoms with Gasteiger partial charge in [0.2, 0.25) is 0 Å². The summed E-state index contributed by atoms with van der Waals surface area (Å²) in [6.45, 7) is 10.0. The van der Waals surface area contributed by atoms with E-state index in [1.54, 1.807) is 0 Å². The van der Waals surface area contributed by atoms with Gasteiger partial charge in [0, 0.05) is 18.6 Å². The predicted octanol–water partition coefficient (Wildman–Crippen LogP) is 3.06. The zero-order valence-electron chi connectivity index (χ0n) is 13.8. The van der Waals surface area contributed by atoms with Crippen LogP contribution in [0.3, 0.4) is 0 Å². The highest BCUT2D eigenvalue weighted by Gasteiger charge is 2.27. The maximum atomic E-state index is 6.21. The first kappa shape index (κ1) is 19.0. The Kier molecular flexibility index (Phi) is 8.31. The van der Waals surface area contributed by atoms with Crippen molar-refractivity contribution in [3.8, 4) is 0 Å². The van der Waals surface area contributed by atoms with E-state index in [9.17, 15) is 0 Å². The number of hydrogen-bond donors (Lipinski definition) is 1. The maximum absolute atomic E-state index is 6.21. The summed E-state index contributed by atoms with van der Waals surface area (Å²) >= 11 is 0. The summed E-state index contributed by atoms with van der Waals surface area (Å²) < 4.78 is 0. The first-order valence-corrected chi connectivity index (χ1v) is 8.39. The van der Waals surface area contributed by atoms with Crippen LogP contribution in [0.15, 0.2) is 4.99 Å². The molecule has 0 aromatic heterocycles. The zero-order valence-corrected chi connectivity index (χ0v) is 16.1. The topological polar surface area (TPSA) is 44.9 Å². The van der Waals surface area contributed by atoms with Gasteiger partial charge < -0.3 is 10.6 Å². The SMILES string of the molecule is CC(C)(CN=C(N)N1CCCCCC1)N1CCCCC1.I. The summed E-state index contributed by atoms with van der Waals surface area (Å²) in [5.74, 6) is 0.761. The van der Waals surface area contributed by atoms with Gasteiger partial charge in [0.05, 0.1) is 6.54 Å². The van der Waals surface area contributed by atoms with Crippen LogP contribution in [0, 0.1) is 0 Å². The van der Waals surface area contributed by atoms with Crippen molar-refractivity contribution >= 4 is 29.9 Å². The minimum Gasteiger partial charge on any atom is -0.370 e. The minimum atomic E-state index is 0. The van der Waals surface area contributed by atoms with Gasteiger partial charge in [-0.05, 0) is 52.6 Å². The molecule has 2 fully saturated rings. The lowest BCUT2D eigenvalue weighted by atomic mass is 9.99. The van der Waals surface area contributed by atoms with Crippen molar-refractivity contribution in [2.24, 2.45) is 10.7 Å². The highest BCUT2D eigenvalue weighted by molar-refractivity contribution is 14.0. The molecule has 5 heteroatoms. The highest BCUT2D eigenvalue weighted by atomic mass is 127. The minimum absolute atomic E-state index is 0. The molecule has 0 unspecified atom stereocenters. The first-order chi connectivity index (χ1) is 9.59. The van der Waals surface area contributed by atoms with Crippen molar-refractivity contribution in [3.63, 3.8) is 0 Å². The number of nitrogens with zero attached hydrogens (tertiary/aromatic N) is 3. The van der Waals surface area contributed by atoms with E-state index in [1.807, 2.05) is 0 Å². The Morgan fingerprint density at radius 1 is 0.905 bits per heavy atom. The average Bonchev–Trinajstić information content (AvgIpc) is 2.75. The Labute approximate surface area is 147 Å². The largest absolute Gasteiger partial charge is 0.370 e. The van der Waals surface area contributed by atoms with Crippen molar-refractivity contribution in [2.75, 3.05) is 32.7 Å². The number of aliphatic imine (C=N–C) groups is 1. The van der Waals surface area contributed by atoms with Crippen LogP contribution in [-0.4, -0.2) is 54.0 Å². The molecule has 0 radical (unpaired) electrons. The third-order valence-electron chi connectivity index (χ3n) is 4.77. The fourth-order valence-electron chi connectivity index (χ4n) is 3.27. The molecule has 2 aliphatic heterocycles. The van der Waals surface area contributed by atoms with E-state index in [1.165, 1.54) is 58.0 Å². The van der Waals surface area contributed by atoms with Gasteiger partial charge in [0.25, 0.3) is 0 Å². The molecule has 0 atom stereocenters. The summed E-state index contributed by atoms with van der Waals surface area (Å²) in [7, 11) is 0. The quantitative estimate of drug-likeness (QED) is 0.444. The standard InChI is InChI=1S/C16H32N4.HI/c1-16(2,20-12-8-5-9-13-20)14-18-15(17)19-10-6-3-4-7-11-19;/h3-14H2,1-2H3,(H2,17,18);1H. The van der Waals surface area contributed by atoms with Crippen LogP contribution in [0.2, 0.25) is 0 Å². The Bertz CT molecular complexity index is 316. The number of halogens is 1. The second kappa shape index (κ2) is 9.18. The molecule has 0 aliphatic carbocycles. The molecule has 0 aromatic carbocycles. The molecule has 0 aromatic rings. The molecule has 2 N–H and O–H groups in total. The second-order valence-corrected chi connectivity index (χ2v) is 6.94. The van der Waals surface area contributed by atoms with Gasteiger partial charge in [-0.1, -0.05) is 19.3 Å². The highest BCUT2D eigenvalue weighted by Crippen LogP contribution is 2.21. The van der Waals surface area contributed by atoms with Crippen LogP contribution in [0.25, 0.3) is 0 Å². The van der Waals surface area contributed by atoms with E-state index in [4.69, 9.17) is 10.7 Å². The van der Waals surface area contributed by atoms with Gasteiger partial charge >= 0.3 is 0 Å². The maximum Gasteiger partial charge on any atom is 0.191 e. The van der Waals surface area contributed by atoms with E-state index < -0.39 is 0 Å². The number of piperidine rings is 1. The van der Waals surface area contributed by atoms with Crippen LogP contribution in [0.1, 0.15) is 58.8 Å². The molecule has 0 spiro atoms. The van der Waals surface area contributed by atoms with E-state index in [2.05, 4.69) is 23.6 Å². The van der Waals surface area contributed by atoms with Crippen molar-refractivity contribution in [3.05, 3.63) is 0 Å². The normalized spacial score (nSPS) is 22.6. The Morgan fingerprint density at radius 3 is 1.95 bits per heavy atom. The van der Waals surface area contributed by atoms with E-state index in [0.29, 0.717) is 0 Å². The fraction of sp³-hybridized carbons (Fsp3) is 0.938. The number of nitrogens with two attached hydrogens (primary N) is 1. The number of guanidine groups is 1. The smallest absolute Gasteiger partial charge is 0.191 e. The summed E-state index contributed by atoms with van der Waals surface area (Å²) in [6.07, 6.45) is 9.22. The molecule has 4 nitrogen and oxygen atoms in total. The third kappa shape index (κ3) is 5.93. The van der Waals surface area contributed by atoms with Gasteiger partial charge in [0.1, 0.15) is 0 Å². The second-order valence-electron chi connectivity index (χ2n) is 6.94. The lowest BCUT2D eigenvalue weighted by molar-refractivity contribution is 0.102. The lowest BCUT2D eigenvalue weighted by Gasteiger charge is -2.40. The van der Waals surface area contributed by atoms with Gasteiger partial charge in [-0.2, -0.15) is 0 Å². The van der Waals surface area contributed by atoms with E-state index in [0.717, 1.165) is 25.6 Å². The molecule has 2 heterocycles. The number of likely N-dealkylation sites (tertiary alicyclic amines) is 2. The molecule has 0 bridgehead atoms. The zero-order chi connectivity index (χ0) is 14.4. The van der Waals surface area contributed by atoms with Gasteiger partial charge in [0.15, 0.2) is 5.96 Å². The van der Waals surface area contributed by atoms with Gasteiger partial charge in [-0.15, -0.1) is 24.0 Å². The average molecular weight is 408 g/mol. The van der Waals surface area contributed by atoms with Crippen LogP contribution in [0.5, 0.6) is 0 Å². The Hall–Kier alpha value is -0.0400. The number of rotatable bonds is 3. The third-order valence-corrected chi connectivity index (χ3v) is 4.77. The Morgan fingerprint density at radius 2 is 1.38 bits per heavy atom. The fourth-order valence-corrected chi connectivity index (χ4v) is 3.27. The van der Waals surface area contributed by atoms with Crippen molar-refractivity contribution < 1.29 is 0 Å². The van der Waals surface area contributed by atoms with Crippen molar-refractivity contribution in [1.82, 2.24) is 9.80 Å². The van der Waals surface area contributed by atoms with Crippen LogP contribution < -0.4 is 5.73 Å². The molecule has 0 amide bonds.